The molecule has 0 aliphatic heterocycles. The van der Waals surface area contributed by atoms with E-state index in [0.29, 0.717) is 40.8 Å². The molecule has 0 spiro atoms. The molecule has 0 aliphatic carbocycles. The van der Waals surface area contributed by atoms with Gasteiger partial charge in [-0.3, -0.25) is 14.9 Å². The fraction of sp³-hybridized carbons (Fsp3) is 0.208. The second-order valence-corrected chi connectivity index (χ2v) is 7.37. The lowest BCUT2D eigenvalue weighted by molar-refractivity contribution is -0.384. The smallest absolute Gasteiger partial charge is 0.269 e. The van der Waals surface area contributed by atoms with Crippen LogP contribution in [0.3, 0.4) is 0 Å². The number of carbonyl (C=O) groups is 1. The molecule has 2 N–H and O–H groups in total. The van der Waals surface area contributed by atoms with Gasteiger partial charge >= 0.3 is 0 Å². The molecule has 12 heteroatoms. The minimum absolute atomic E-state index is 0.0362. The number of non-ortho nitro benzene ring substituents is 1. The first-order valence-electron chi connectivity index (χ1n) is 10.8. The van der Waals surface area contributed by atoms with E-state index in [1.165, 1.54) is 38.5 Å². The zero-order valence-corrected chi connectivity index (χ0v) is 20.0. The molecule has 0 atom stereocenters. The normalized spacial score (nSPS) is 11.1. The Morgan fingerprint density at radius 1 is 0.889 bits per heavy atom. The summed E-state index contributed by atoms with van der Waals surface area (Å²) in [6.07, 6.45) is 0. The van der Waals surface area contributed by atoms with E-state index in [1.807, 2.05) is 24.0 Å². The lowest BCUT2D eigenvalue weighted by Gasteiger charge is -2.21. The zero-order chi connectivity index (χ0) is 26.1. The van der Waals surface area contributed by atoms with Crippen molar-refractivity contribution in [3.8, 4) is 11.5 Å². The molecular weight excluding hydrogens is 466 g/mol. The largest absolute Gasteiger partial charge is 0.494 e. The lowest BCUT2D eigenvalue weighted by Crippen LogP contribution is -2.33. The van der Waals surface area contributed by atoms with Crippen LogP contribution in [0.4, 0.5) is 34.1 Å². The first-order valence-corrected chi connectivity index (χ1v) is 10.8. The number of anilines is 1. The number of rotatable bonds is 11. The molecule has 0 aromatic heterocycles. The van der Waals surface area contributed by atoms with Crippen molar-refractivity contribution in [1.82, 2.24) is 0 Å². The molecule has 0 saturated carbocycles. The van der Waals surface area contributed by atoms with E-state index < -0.39 is 10.8 Å². The Kier molecular flexibility index (Phi) is 8.59. The Morgan fingerprint density at radius 3 is 1.75 bits per heavy atom. The van der Waals surface area contributed by atoms with Crippen molar-refractivity contribution >= 4 is 40.0 Å². The number of nitrogens with two attached hydrogens (primary N) is 1. The first kappa shape index (κ1) is 25.7. The van der Waals surface area contributed by atoms with Crippen LogP contribution in [0.15, 0.2) is 81.1 Å². The fourth-order valence-electron chi connectivity index (χ4n) is 3.19. The molecule has 3 aromatic rings. The molecule has 0 aliphatic rings. The minimum atomic E-state index is -0.486. The molecule has 12 nitrogen and oxygen atoms in total. The van der Waals surface area contributed by atoms with E-state index in [4.69, 9.17) is 15.2 Å². The summed E-state index contributed by atoms with van der Waals surface area (Å²) in [6.45, 7) is 2.70. The van der Waals surface area contributed by atoms with Crippen LogP contribution in [-0.2, 0) is 4.79 Å². The Balaban J connectivity index is 1.82. The second kappa shape index (κ2) is 12.0. The van der Waals surface area contributed by atoms with Gasteiger partial charge in [-0.05, 0) is 43.3 Å². The molecule has 0 saturated heterocycles. The zero-order valence-electron chi connectivity index (χ0n) is 20.0. The molecule has 36 heavy (non-hydrogen) atoms. The third kappa shape index (κ3) is 6.59. The van der Waals surface area contributed by atoms with E-state index >= 15 is 0 Å². The van der Waals surface area contributed by atoms with E-state index in [0.717, 1.165) is 5.69 Å². The Labute approximate surface area is 207 Å². The maximum Gasteiger partial charge on any atom is 0.269 e. The summed E-state index contributed by atoms with van der Waals surface area (Å²) in [6, 6.07) is 16.1. The summed E-state index contributed by atoms with van der Waals surface area (Å²) in [5.74, 6) is 0.376. The van der Waals surface area contributed by atoms with Crippen molar-refractivity contribution in [3.63, 3.8) is 0 Å². The third-order valence-electron chi connectivity index (χ3n) is 5.03. The topological polar surface area (TPSA) is 157 Å². The maximum atomic E-state index is 11.2. The maximum absolute atomic E-state index is 11.2. The molecule has 3 aromatic carbocycles. The molecule has 0 fully saturated rings. The van der Waals surface area contributed by atoms with Gasteiger partial charge in [0.1, 0.15) is 22.9 Å². The number of benzene rings is 3. The van der Waals surface area contributed by atoms with Gasteiger partial charge in [0, 0.05) is 36.5 Å². The quantitative estimate of drug-likeness (QED) is 0.204. The number of nitro groups is 1. The number of amides is 1. The predicted octanol–water partition coefficient (Wildman–Crippen LogP) is 5.75. The molecule has 0 heterocycles. The van der Waals surface area contributed by atoms with Gasteiger partial charge in [0.15, 0.2) is 0 Å². The van der Waals surface area contributed by atoms with Crippen LogP contribution in [0.1, 0.15) is 6.92 Å². The summed E-state index contributed by atoms with van der Waals surface area (Å²) >= 11 is 0. The third-order valence-corrected chi connectivity index (χ3v) is 5.03. The van der Waals surface area contributed by atoms with Gasteiger partial charge in [0.2, 0.25) is 5.91 Å². The van der Waals surface area contributed by atoms with Gasteiger partial charge < -0.3 is 20.1 Å². The van der Waals surface area contributed by atoms with Crippen LogP contribution < -0.4 is 20.1 Å². The molecule has 0 unspecified atom stereocenters. The van der Waals surface area contributed by atoms with Crippen molar-refractivity contribution in [1.29, 1.82) is 0 Å². The highest BCUT2D eigenvalue weighted by atomic mass is 16.6. The van der Waals surface area contributed by atoms with Crippen LogP contribution in [0.2, 0.25) is 0 Å². The van der Waals surface area contributed by atoms with E-state index in [2.05, 4.69) is 20.5 Å². The van der Waals surface area contributed by atoms with Crippen molar-refractivity contribution in [2.45, 2.75) is 6.92 Å². The SMILES string of the molecule is CCN(CC(N)=O)c1ccc(N=Nc2cc(OC)c(N=Nc3ccc([N+](=O)[O-])cc3)cc2OC)cc1. The molecule has 0 radical (unpaired) electrons. The van der Waals surface area contributed by atoms with Gasteiger partial charge in [0.25, 0.3) is 5.69 Å². The van der Waals surface area contributed by atoms with Crippen molar-refractivity contribution in [2.24, 2.45) is 26.2 Å². The van der Waals surface area contributed by atoms with E-state index in [1.54, 1.807) is 24.3 Å². The highest BCUT2D eigenvalue weighted by Gasteiger charge is 2.12. The highest BCUT2D eigenvalue weighted by molar-refractivity contribution is 5.79. The number of hydrogen-bond acceptors (Lipinski definition) is 10. The van der Waals surface area contributed by atoms with Gasteiger partial charge in [-0.2, -0.15) is 10.2 Å². The van der Waals surface area contributed by atoms with Crippen LogP contribution in [0, 0.1) is 10.1 Å². The molecule has 3 rings (SSSR count). The number of nitrogens with zero attached hydrogens (tertiary/aromatic N) is 6. The average Bonchev–Trinajstić information content (AvgIpc) is 2.89. The predicted molar refractivity (Wildman–Crippen MR) is 135 cm³/mol. The number of nitro benzene ring substituents is 1. The molecule has 1 amide bonds. The number of primary amides is 1. The highest BCUT2D eigenvalue weighted by Crippen LogP contribution is 2.41. The number of carbonyl (C=O) groups excluding carboxylic acids is 1. The van der Waals surface area contributed by atoms with Crippen molar-refractivity contribution in [2.75, 3.05) is 32.2 Å². The monoisotopic (exact) mass is 491 g/mol. The number of likely N-dealkylation sites (N-methyl/N-ethyl adjacent to an activating group) is 1. The van der Waals surface area contributed by atoms with Gasteiger partial charge in [-0.25, -0.2) is 0 Å². The van der Waals surface area contributed by atoms with E-state index in [-0.39, 0.29) is 12.2 Å². The van der Waals surface area contributed by atoms with E-state index in [9.17, 15) is 14.9 Å². The molecular formula is C24H25N7O5. The summed E-state index contributed by atoms with van der Waals surface area (Å²) < 4.78 is 10.9. The number of ether oxygens (including phenoxy) is 2. The van der Waals surface area contributed by atoms with Crippen LogP contribution >= 0.6 is 0 Å². The fourth-order valence-corrected chi connectivity index (χ4v) is 3.19. The molecule has 186 valence electrons. The second-order valence-electron chi connectivity index (χ2n) is 7.37. The number of methoxy groups -OCH3 is 2. The van der Waals surface area contributed by atoms with Crippen LogP contribution in [0.25, 0.3) is 0 Å². The minimum Gasteiger partial charge on any atom is -0.494 e. The summed E-state index contributed by atoms with van der Waals surface area (Å²) in [5, 5.41) is 27.6. The number of azo groups is 2. The standard InChI is InChI=1S/C24H25N7O5/c1-4-30(15-24(25)32)18-9-5-16(6-10-18)26-28-20-13-23(36-3)21(14-22(20)35-2)29-27-17-7-11-19(12-8-17)31(33)34/h5-14H,4,15H2,1-3H3,(H2,25,32). The van der Waals surface area contributed by atoms with Crippen LogP contribution in [0.5, 0.6) is 11.5 Å². The Hall–Kier alpha value is -4.87. The van der Waals surface area contributed by atoms with Crippen LogP contribution in [-0.4, -0.2) is 38.1 Å². The molecule has 0 bridgehead atoms. The van der Waals surface area contributed by atoms with Crippen molar-refractivity contribution < 1.29 is 19.2 Å². The Morgan fingerprint density at radius 2 is 1.36 bits per heavy atom. The average molecular weight is 492 g/mol. The lowest BCUT2D eigenvalue weighted by atomic mass is 10.2. The van der Waals surface area contributed by atoms with Gasteiger partial charge in [0.05, 0.1) is 37.1 Å². The van der Waals surface area contributed by atoms with Gasteiger partial charge in [-0.15, -0.1) is 10.2 Å². The summed E-state index contributed by atoms with van der Waals surface area (Å²) in [7, 11) is 2.98. The van der Waals surface area contributed by atoms with Gasteiger partial charge in [-0.1, -0.05) is 0 Å². The Bertz CT molecular complexity index is 1280. The summed E-state index contributed by atoms with van der Waals surface area (Å²) in [5.41, 5.74) is 7.93. The first-order chi connectivity index (χ1) is 17.3. The summed E-state index contributed by atoms with van der Waals surface area (Å²) in [4.78, 5) is 23.4. The van der Waals surface area contributed by atoms with Crippen molar-refractivity contribution in [3.05, 3.63) is 70.8 Å². The number of hydrogen-bond donors (Lipinski definition) is 1.